The first-order valence-electron chi connectivity index (χ1n) is 8.15. The summed E-state index contributed by atoms with van der Waals surface area (Å²) in [6.07, 6.45) is 12.3. The molecule has 124 valence electrons. The van der Waals surface area contributed by atoms with Gasteiger partial charge in [0.25, 0.3) is 0 Å². The molecule has 2 aliphatic carbocycles. The van der Waals surface area contributed by atoms with E-state index >= 15 is 0 Å². The van der Waals surface area contributed by atoms with Gasteiger partial charge in [0.15, 0.2) is 5.78 Å². The van der Waals surface area contributed by atoms with E-state index in [2.05, 4.69) is 31.9 Å². The number of rotatable bonds is 9. The maximum absolute atomic E-state index is 13.7. The Bertz CT molecular complexity index is 547. The molecule has 0 saturated heterocycles. The zero-order valence-corrected chi connectivity index (χ0v) is 13.9. The predicted molar refractivity (Wildman–Crippen MR) is 91.7 cm³/mol. The molecule has 2 rings (SSSR count). The van der Waals surface area contributed by atoms with Crippen molar-refractivity contribution in [1.82, 2.24) is 0 Å². The molecule has 23 heavy (non-hydrogen) atoms. The number of fused-ring (bicyclic) bond motifs is 2. The van der Waals surface area contributed by atoms with Gasteiger partial charge in [0.1, 0.15) is 5.41 Å². The predicted octanol–water partition coefficient (Wildman–Crippen LogP) is 4.03. The molecule has 0 aromatic carbocycles. The normalized spacial score (nSPS) is 28.4. The van der Waals surface area contributed by atoms with Crippen LogP contribution in [0.4, 0.5) is 0 Å². The lowest BCUT2D eigenvalue weighted by Crippen LogP contribution is -2.50. The molecule has 0 heterocycles. The number of methoxy groups -OCH3 is 1. The van der Waals surface area contributed by atoms with Crippen molar-refractivity contribution in [3.8, 4) is 0 Å². The van der Waals surface area contributed by atoms with E-state index in [0.29, 0.717) is 12.3 Å². The van der Waals surface area contributed by atoms with Crippen molar-refractivity contribution >= 4 is 11.8 Å². The monoisotopic (exact) mass is 314 g/mol. The summed E-state index contributed by atoms with van der Waals surface area (Å²) in [7, 11) is 1.33. The molecule has 2 bridgehead atoms. The van der Waals surface area contributed by atoms with Gasteiger partial charge in [-0.25, -0.2) is 0 Å². The number of ether oxygens (including phenoxy) is 1. The molecule has 3 nitrogen and oxygen atoms in total. The Labute approximate surface area is 138 Å². The summed E-state index contributed by atoms with van der Waals surface area (Å²) in [6.45, 7) is 11.3. The Balaban J connectivity index is 2.51. The highest BCUT2D eigenvalue weighted by Gasteiger charge is 2.60. The van der Waals surface area contributed by atoms with Crippen molar-refractivity contribution in [2.24, 2.45) is 22.7 Å². The van der Waals surface area contributed by atoms with Gasteiger partial charge >= 0.3 is 5.97 Å². The lowest BCUT2D eigenvalue weighted by Gasteiger charge is -2.41. The summed E-state index contributed by atoms with van der Waals surface area (Å²) >= 11 is 0. The summed E-state index contributed by atoms with van der Waals surface area (Å²) in [5.74, 6) is 0.0780. The number of ketones is 1. The largest absolute Gasteiger partial charge is 0.468 e. The minimum absolute atomic E-state index is 0.0339. The Morgan fingerprint density at radius 1 is 1.22 bits per heavy atom. The van der Waals surface area contributed by atoms with Crippen molar-refractivity contribution in [2.75, 3.05) is 7.11 Å². The van der Waals surface area contributed by atoms with E-state index in [1.165, 1.54) is 7.11 Å². The van der Waals surface area contributed by atoms with Crippen LogP contribution in [0.2, 0.25) is 0 Å². The third-order valence-corrected chi connectivity index (χ3v) is 5.47. The first kappa shape index (κ1) is 17.5. The van der Waals surface area contributed by atoms with Crippen LogP contribution >= 0.6 is 0 Å². The Kier molecular flexibility index (Phi) is 5.08. The minimum Gasteiger partial charge on any atom is -0.468 e. The third-order valence-electron chi connectivity index (χ3n) is 5.47. The molecule has 1 fully saturated rings. The zero-order valence-electron chi connectivity index (χ0n) is 13.9. The second kappa shape index (κ2) is 6.69. The second-order valence-corrected chi connectivity index (χ2v) is 6.73. The number of carbonyl (C=O) groups excluding carboxylic acids is 2. The molecule has 3 atom stereocenters. The summed E-state index contributed by atoms with van der Waals surface area (Å²) in [5.41, 5.74) is -1.78. The SMILES string of the molecule is C=CCC(CC=C)(C(=O)OC)C(=O)[C@@]1(CC=C)C[C@H]2C=C[C@@H]1C2. The lowest BCUT2D eigenvalue weighted by atomic mass is 9.60. The number of carbonyl (C=O) groups is 2. The Morgan fingerprint density at radius 2 is 1.87 bits per heavy atom. The summed E-state index contributed by atoms with van der Waals surface area (Å²) < 4.78 is 5.01. The second-order valence-electron chi connectivity index (χ2n) is 6.73. The van der Waals surface area contributed by atoms with E-state index in [9.17, 15) is 9.59 Å². The minimum atomic E-state index is -1.22. The van der Waals surface area contributed by atoms with Crippen LogP contribution < -0.4 is 0 Å². The van der Waals surface area contributed by atoms with E-state index in [1.807, 2.05) is 0 Å². The Morgan fingerprint density at radius 3 is 2.26 bits per heavy atom. The topological polar surface area (TPSA) is 43.4 Å². The molecule has 0 unspecified atom stereocenters. The third kappa shape index (κ3) is 2.62. The van der Waals surface area contributed by atoms with Crippen molar-refractivity contribution in [1.29, 1.82) is 0 Å². The van der Waals surface area contributed by atoms with E-state index in [1.54, 1.807) is 18.2 Å². The van der Waals surface area contributed by atoms with Crippen LogP contribution in [-0.2, 0) is 14.3 Å². The number of esters is 1. The van der Waals surface area contributed by atoms with E-state index in [4.69, 9.17) is 4.74 Å². The van der Waals surface area contributed by atoms with Crippen LogP contribution in [-0.4, -0.2) is 18.9 Å². The average molecular weight is 314 g/mol. The van der Waals surface area contributed by atoms with Gasteiger partial charge in [-0.3, -0.25) is 9.59 Å². The van der Waals surface area contributed by atoms with Crippen LogP contribution in [0.15, 0.2) is 50.1 Å². The molecule has 0 amide bonds. The molecule has 2 aliphatic rings. The highest BCUT2D eigenvalue weighted by Crippen LogP contribution is 2.58. The van der Waals surface area contributed by atoms with Crippen LogP contribution in [0.3, 0.4) is 0 Å². The highest BCUT2D eigenvalue weighted by molar-refractivity contribution is 6.07. The Hall–Kier alpha value is -1.90. The fourth-order valence-electron chi connectivity index (χ4n) is 4.49. The zero-order chi connectivity index (χ0) is 17.1. The van der Waals surface area contributed by atoms with Crippen molar-refractivity contribution in [3.05, 3.63) is 50.1 Å². The fraction of sp³-hybridized carbons (Fsp3) is 0.500. The van der Waals surface area contributed by atoms with Crippen molar-refractivity contribution in [3.63, 3.8) is 0 Å². The summed E-state index contributed by atoms with van der Waals surface area (Å²) in [6, 6.07) is 0. The van der Waals surface area contributed by atoms with Gasteiger partial charge in [0.05, 0.1) is 7.11 Å². The van der Waals surface area contributed by atoms with Crippen LogP contribution in [0.25, 0.3) is 0 Å². The van der Waals surface area contributed by atoms with Gasteiger partial charge in [-0.2, -0.15) is 0 Å². The average Bonchev–Trinajstić information content (AvgIpc) is 3.14. The van der Waals surface area contributed by atoms with E-state index in [0.717, 1.165) is 12.8 Å². The first-order valence-corrected chi connectivity index (χ1v) is 8.15. The van der Waals surface area contributed by atoms with Crippen LogP contribution in [0, 0.1) is 22.7 Å². The van der Waals surface area contributed by atoms with Crippen LogP contribution in [0.5, 0.6) is 0 Å². The lowest BCUT2D eigenvalue weighted by molar-refractivity contribution is -0.162. The molecule has 0 spiro atoms. The standard InChI is InChI=1S/C20H26O3/c1-5-10-19(11-6-2,18(22)23-4)17(21)20(12-7-3)14-15-8-9-16(20)13-15/h5-9,15-16H,1-3,10-14H2,4H3/t15-,16+,20-/m0/s1. The van der Waals surface area contributed by atoms with E-state index < -0.39 is 16.8 Å². The van der Waals surface area contributed by atoms with Gasteiger partial charge in [-0.05, 0) is 43.9 Å². The van der Waals surface area contributed by atoms with Crippen molar-refractivity contribution in [2.45, 2.75) is 32.1 Å². The van der Waals surface area contributed by atoms with Gasteiger partial charge in [0.2, 0.25) is 0 Å². The highest BCUT2D eigenvalue weighted by atomic mass is 16.5. The molecule has 0 aliphatic heterocycles. The fourth-order valence-corrected chi connectivity index (χ4v) is 4.49. The van der Waals surface area contributed by atoms with Crippen LogP contribution in [0.1, 0.15) is 32.1 Å². The van der Waals surface area contributed by atoms with Gasteiger partial charge in [-0.1, -0.05) is 30.4 Å². The number of hydrogen-bond acceptors (Lipinski definition) is 3. The number of Topliss-reactive ketones (excluding diaryl/α,β-unsaturated/α-hetero) is 1. The molecular weight excluding hydrogens is 288 g/mol. The maximum Gasteiger partial charge on any atom is 0.320 e. The molecule has 0 N–H and O–H groups in total. The van der Waals surface area contributed by atoms with Crippen molar-refractivity contribution < 1.29 is 14.3 Å². The molecule has 0 aromatic heterocycles. The number of hydrogen-bond donors (Lipinski definition) is 0. The maximum atomic E-state index is 13.7. The number of allylic oxidation sites excluding steroid dienone is 5. The van der Waals surface area contributed by atoms with E-state index in [-0.39, 0.29) is 24.5 Å². The van der Waals surface area contributed by atoms with Gasteiger partial charge in [-0.15, -0.1) is 19.7 Å². The molecule has 0 aromatic rings. The smallest absolute Gasteiger partial charge is 0.320 e. The first-order chi connectivity index (χ1) is 11.0. The quantitative estimate of drug-likeness (QED) is 0.367. The molecule has 3 heteroatoms. The summed E-state index contributed by atoms with van der Waals surface area (Å²) in [5, 5.41) is 0. The molecule has 1 saturated carbocycles. The molecule has 0 radical (unpaired) electrons. The van der Waals surface area contributed by atoms with Gasteiger partial charge < -0.3 is 4.74 Å². The molecular formula is C20H26O3. The summed E-state index contributed by atoms with van der Waals surface area (Å²) in [4.78, 5) is 26.3. The van der Waals surface area contributed by atoms with Gasteiger partial charge in [0, 0.05) is 5.41 Å².